The highest BCUT2D eigenvalue weighted by molar-refractivity contribution is 5.83. The van der Waals surface area contributed by atoms with Crippen molar-refractivity contribution in [1.82, 2.24) is 10.6 Å². The van der Waals surface area contributed by atoms with Gasteiger partial charge in [-0.15, -0.1) is 0 Å². The molecule has 0 aromatic heterocycles. The van der Waals surface area contributed by atoms with Gasteiger partial charge in [-0.25, -0.2) is 0 Å². The highest BCUT2D eigenvalue weighted by Gasteiger charge is 2.62. The number of carbonyl (C=O) groups excluding carboxylic acids is 1. The van der Waals surface area contributed by atoms with Crippen LogP contribution in [-0.2, 0) is 4.79 Å². The van der Waals surface area contributed by atoms with Gasteiger partial charge in [0.1, 0.15) is 0 Å². The van der Waals surface area contributed by atoms with Crippen LogP contribution in [-0.4, -0.2) is 26.0 Å². The van der Waals surface area contributed by atoms with Gasteiger partial charge in [0.25, 0.3) is 0 Å². The van der Waals surface area contributed by atoms with Crippen LogP contribution in [0, 0.1) is 22.2 Å². The Morgan fingerprint density at radius 1 is 1.05 bits per heavy atom. The second kappa shape index (κ2) is 4.21. The van der Waals surface area contributed by atoms with Gasteiger partial charge >= 0.3 is 0 Å². The summed E-state index contributed by atoms with van der Waals surface area (Å²) in [6.07, 6.45) is 7.43. The molecule has 4 aliphatic rings. The average Bonchev–Trinajstić information content (AvgIpc) is 2.24. The predicted octanol–water partition coefficient (Wildman–Crippen LogP) is 2.32. The van der Waals surface area contributed by atoms with Crippen LogP contribution in [0.1, 0.15) is 52.4 Å². The number of hydrogen-bond acceptors (Lipinski definition) is 2. The van der Waals surface area contributed by atoms with Crippen LogP contribution in [0.3, 0.4) is 0 Å². The maximum Gasteiger partial charge on any atom is 0.226 e. The molecule has 4 fully saturated rings. The van der Waals surface area contributed by atoms with E-state index in [9.17, 15) is 4.79 Å². The molecule has 0 aromatic carbocycles. The molecule has 4 rings (SSSR count). The van der Waals surface area contributed by atoms with Crippen molar-refractivity contribution in [3.05, 3.63) is 0 Å². The molecule has 0 heterocycles. The standard InChI is InChI=1S/C16H28N2O/c1-14-6-12-7-15(2,9-14)11-16(8-12,10-14)13(19)18-5-4-17-3/h12,17H,4-11H2,1-3H3,(H,18,19). The van der Waals surface area contributed by atoms with Gasteiger partial charge in [-0.3, -0.25) is 4.79 Å². The Morgan fingerprint density at radius 2 is 1.68 bits per heavy atom. The first kappa shape index (κ1) is 13.4. The largest absolute Gasteiger partial charge is 0.354 e. The highest BCUT2D eigenvalue weighted by atomic mass is 16.2. The minimum atomic E-state index is -0.0450. The van der Waals surface area contributed by atoms with Gasteiger partial charge in [0.05, 0.1) is 5.41 Å². The van der Waals surface area contributed by atoms with Gasteiger partial charge in [0.15, 0.2) is 0 Å². The lowest BCUT2D eigenvalue weighted by molar-refractivity contribution is -0.170. The van der Waals surface area contributed by atoms with E-state index >= 15 is 0 Å². The monoisotopic (exact) mass is 264 g/mol. The number of likely N-dealkylation sites (N-methyl/N-ethyl adjacent to an activating group) is 1. The van der Waals surface area contributed by atoms with Crippen molar-refractivity contribution < 1.29 is 4.79 Å². The van der Waals surface area contributed by atoms with Crippen LogP contribution < -0.4 is 10.6 Å². The van der Waals surface area contributed by atoms with E-state index in [1.54, 1.807) is 0 Å². The Labute approximate surface area is 116 Å². The molecule has 4 bridgehead atoms. The van der Waals surface area contributed by atoms with Crippen molar-refractivity contribution in [3.8, 4) is 0 Å². The Kier molecular flexibility index (Phi) is 2.97. The molecular weight excluding hydrogens is 236 g/mol. The average molecular weight is 264 g/mol. The summed E-state index contributed by atoms with van der Waals surface area (Å²) in [6.45, 7) is 6.46. The number of rotatable bonds is 4. The van der Waals surface area contributed by atoms with Crippen LogP contribution in [0.5, 0.6) is 0 Å². The van der Waals surface area contributed by atoms with Crippen LogP contribution in [0.25, 0.3) is 0 Å². The lowest BCUT2D eigenvalue weighted by Crippen LogP contribution is -2.60. The molecule has 0 saturated heterocycles. The summed E-state index contributed by atoms with van der Waals surface area (Å²) in [7, 11) is 1.93. The summed E-state index contributed by atoms with van der Waals surface area (Å²) < 4.78 is 0. The molecule has 3 heteroatoms. The van der Waals surface area contributed by atoms with Crippen molar-refractivity contribution in [1.29, 1.82) is 0 Å². The van der Waals surface area contributed by atoms with Crippen molar-refractivity contribution in [2.24, 2.45) is 22.2 Å². The molecule has 2 atom stereocenters. The van der Waals surface area contributed by atoms with E-state index in [-0.39, 0.29) is 5.41 Å². The molecule has 3 nitrogen and oxygen atoms in total. The summed E-state index contributed by atoms with van der Waals surface area (Å²) in [5.41, 5.74) is 0.805. The first-order valence-corrected chi connectivity index (χ1v) is 7.82. The molecule has 0 aromatic rings. The molecule has 1 amide bonds. The van der Waals surface area contributed by atoms with E-state index in [4.69, 9.17) is 0 Å². The molecule has 4 aliphatic carbocycles. The van der Waals surface area contributed by atoms with Crippen LogP contribution >= 0.6 is 0 Å². The summed E-state index contributed by atoms with van der Waals surface area (Å²) >= 11 is 0. The van der Waals surface area contributed by atoms with E-state index in [1.807, 2.05) is 7.05 Å². The van der Waals surface area contributed by atoms with E-state index in [2.05, 4.69) is 24.5 Å². The fourth-order valence-electron chi connectivity index (χ4n) is 6.19. The second-order valence-corrected chi connectivity index (χ2v) is 8.27. The van der Waals surface area contributed by atoms with Gasteiger partial charge in [-0.2, -0.15) is 0 Å². The molecular formula is C16H28N2O. The molecule has 2 N–H and O–H groups in total. The Morgan fingerprint density at radius 3 is 2.21 bits per heavy atom. The molecule has 0 aliphatic heterocycles. The van der Waals surface area contributed by atoms with Crippen molar-refractivity contribution in [3.63, 3.8) is 0 Å². The molecule has 108 valence electrons. The minimum Gasteiger partial charge on any atom is -0.354 e. The predicted molar refractivity (Wildman–Crippen MR) is 76.8 cm³/mol. The zero-order valence-electron chi connectivity index (χ0n) is 12.6. The van der Waals surface area contributed by atoms with Crippen LogP contribution in [0.2, 0.25) is 0 Å². The van der Waals surface area contributed by atoms with Crippen molar-refractivity contribution in [2.45, 2.75) is 52.4 Å². The fourth-order valence-corrected chi connectivity index (χ4v) is 6.19. The summed E-state index contributed by atoms with van der Waals surface area (Å²) in [6, 6.07) is 0. The van der Waals surface area contributed by atoms with Gasteiger partial charge in [-0.05, 0) is 62.3 Å². The summed E-state index contributed by atoms with van der Waals surface area (Å²) in [5, 5.41) is 6.27. The van der Waals surface area contributed by atoms with Gasteiger partial charge in [0, 0.05) is 13.1 Å². The van der Waals surface area contributed by atoms with E-state index in [0.717, 1.165) is 38.3 Å². The third-order valence-corrected chi connectivity index (χ3v) is 5.77. The van der Waals surface area contributed by atoms with Crippen LogP contribution in [0.15, 0.2) is 0 Å². The normalized spacial score (nSPS) is 47.4. The zero-order chi connectivity index (χ0) is 13.7. The number of amides is 1. The minimum absolute atomic E-state index is 0.0450. The molecule has 4 saturated carbocycles. The molecule has 19 heavy (non-hydrogen) atoms. The quantitative estimate of drug-likeness (QED) is 0.765. The Balaban J connectivity index is 1.78. The summed E-state index contributed by atoms with van der Waals surface area (Å²) in [5.74, 6) is 1.13. The third-order valence-electron chi connectivity index (χ3n) is 5.77. The first-order chi connectivity index (χ1) is 8.89. The second-order valence-electron chi connectivity index (χ2n) is 8.27. The third kappa shape index (κ3) is 2.20. The number of hydrogen-bond donors (Lipinski definition) is 2. The maximum atomic E-state index is 12.7. The number of nitrogens with one attached hydrogen (secondary N) is 2. The van der Waals surface area contributed by atoms with Crippen molar-refractivity contribution >= 4 is 5.91 Å². The van der Waals surface area contributed by atoms with E-state index < -0.39 is 0 Å². The molecule has 2 unspecified atom stereocenters. The number of carbonyl (C=O) groups is 1. The molecule has 0 radical (unpaired) electrons. The maximum absolute atomic E-state index is 12.7. The SMILES string of the molecule is CNCCNC(=O)C12CC3CC(C)(CC(C)(C3)C1)C2. The fraction of sp³-hybridized carbons (Fsp3) is 0.938. The van der Waals surface area contributed by atoms with E-state index in [1.165, 1.54) is 19.3 Å². The first-order valence-electron chi connectivity index (χ1n) is 7.82. The lowest BCUT2D eigenvalue weighted by atomic mass is 9.40. The zero-order valence-corrected chi connectivity index (χ0v) is 12.6. The topological polar surface area (TPSA) is 41.1 Å². The van der Waals surface area contributed by atoms with Crippen molar-refractivity contribution in [2.75, 3.05) is 20.1 Å². The Hall–Kier alpha value is -0.570. The molecule has 0 spiro atoms. The van der Waals surface area contributed by atoms with E-state index in [0.29, 0.717) is 16.7 Å². The Bertz CT molecular complexity index is 374. The van der Waals surface area contributed by atoms with Gasteiger partial charge in [0.2, 0.25) is 5.91 Å². The van der Waals surface area contributed by atoms with Crippen LogP contribution in [0.4, 0.5) is 0 Å². The van der Waals surface area contributed by atoms with Gasteiger partial charge in [-0.1, -0.05) is 13.8 Å². The smallest absolute Gasteiger partial charge is 0.226 e. The summed E-state index contributed by atoms with van der Waals surface area (Å²) in [4.78, 5) is 12.7. The lowest BCUT2D eigenvalue weighted by Gasteiger charge is -2.64. The van der Waals surface area contributed by atoms with Gasteiger partial charge < -0.3 is 10.6 Å². The highest BCUT2D eigenvalue weighted by Crippen LogP contribution is 2.69.